The second-order valence-electron chi connectivity index (χ2n) is 8.74. The van der Waals surface area contributed by atoms with Gasteiger partial charge in [0.05, 0.1) is 30.5 Å². The maximum Gasteiger partial charge on any atom is 0.238 e. The second-order valence-corrected chi connectivity index (χ2v) is 9.58. The van der Waals surface area contributed by atoms with Crippen molar-refractivity contribution in [1.29, 1.82) is 0 Å². The Kier molecular flexibility index (Phi) is 6.82. The van der Waals surface area contributed by atoms with E-state index in [-0.39, 0.29) is 18.2 Å². The van der Waals surface area contributed by atoms with E-state index in [1.54, 1.807) is 16.9 Å². The second kappa shape index (κ2) is 10.3. The Morgan fingerprint density at radius 3 is 2.28 bits per heavy atom. The standard InChI is InChI=1S/C29H27N3O3S/c1-20-19-36-29(30-20)32(22-11-7-4-8-12-22)28(34)25-17-18-26(33)31(23-13-15-24(35-2)16-14-23)27(25)21-9-5-3-6-10-21/h3-16,19,25,27H,17-18H2,1-2H3/t25-,27-/m1/s1. The van der Waals surface area contributed by atoms with Gasteiger partial charge in [0.25, 0.3) is 0 Å². The normalized spacial score (nSPS) is 17.6. The van der Waals surface area contributed by atoms with E-state index in [0.29, 0.717) is 17.3 Å². The Morgan fingerprint density at radius 2 is 1.67 bits per heavy atom. The van der Waals surface area contributed by atoms with Gasteiger partial charge < -0.3 is 9.64 Å². The number of aryl methyl sites for hydroxylation is 1. The van der Waals surface area contributed by atoms with Crippen molar-refractivity contribution >= 4 is 39.7 Å². The lowest BCUT2D eigenvalue weighted by Crippen LogP contribution is -2.48. The van der Waals surface area contributed by atoms with Crippen molar-refractivity contribution in [2.75, 3.05) is 16.9 Å². The molecule has 0 saturated carbocycles. The van der Waals surface area contributed by atoms with E-state index in [1.807, 2.05) is 97.2 Å². The number of aromatic nitrogens is 1. The van der Waals surface area contributed by atoms with Gasteiger partial charge in [0, 0.05) is 17.5 Å². The van der Waals surface area contributed by atoms with E-state index in [2.05, 4.69) is 4.98 Å². The number of carbonyl (C=O) groups is 2. The van der Waals surface area contributed by atoms with Crippen molar-refractivity contribution in [3.05, 3.63) is 102 Å². The average Bonchev–Trinajstić information content (AvgIpc) is 3.35. The molecule has 36 heavy (non-hydrogen) atoms. The Labute approximate surface area is 214 Å². The molecule has 0 aliphatic carbocycles. The first-order valence-electron chi connectivity index (χ1n) is 11.9. The fraction of sp³-hybridized carbons (Fsp3) is 0.207. The number of carbonyl (C=O) groups excluding carboxylic acids is 2. The molecule has 1 aromatic heterocycles. The van der Waals surface area contributed by atoms with Gasteiger partial charge in [-0.2, -0.15) is 0 Å². The quantitative estimate of drug-likeness (QED) is 0.313. The highest BCUT2D eigenvalue weighted by Gasteiger charge is 2.43. The van der Waals surface area contributed by atoms with Crippen LogP contribution in [0.15, 0.2) is 90.3 Å². The van der Waals surface area contributed by atoms with Crippen LogP contribution in [0.3, 0.4) is 0 Å². The van der Waals surface area contributed by atoms with Gasteiger partial charge >= 0.3 is 0 Å². The third-order valence-electron chi connectivity index (χ3n) is 6.44. The number of hydrogen-bond donors (Lipinski definition) is 0. The average molecular weight is 498 g/mol. The van der Waals surface area contributed by atoms with E-state index in [4.69, 9.17) is 4.74 Å². The molecule has 1 saturated heterocycles. The minimum Gasteiger partial charge on any atom is -0.497 e. The predicted molar refractivity (Wildman–Crippen MR) is 143 cm³/mol. The van der Waals surface area contributed by atoms with Gasteiger partial charge in [0.1, 0.15) is 5.75 Å². The van der Waals surface area contributed by atoms with Gasteiger partial charge in [-0.05, 0) is 55.3 Å². The summed E-state index contributed by atoms with van der Waals surface area (Å²) < 4.78 is 5.32. The number of methoxy groups -OCH3 is 1. The van der Waals surface area contributed by atoms with E-state index >= 15 is 0 Å². The van der Waals surface area contributed by atoms with E-state index in [0.717, 1.165) is 22.6 Å². The lowest BCUT2D eigenvalue weighted by Gasteiger charge is -2.42. The number of thiazole rings is 1. The summed E-state index contributed by atoms with van der Waals surface area (Å²) in [6.45, 7) is 1.92. The zero-order chi connectivity index (χ0) is 25.1. The van der Waals surface area contributed by atoms with Crippen LogP contribution in [0.1, 0.15) is 30.1 Å². The first-order chi connectivity index (χ1) is 17.6. The summed E-state index contributed by atoms with van der Waals surface area (Å²) in [4.78, 5) is 35.9. The summed E-state index contributed by atoms with van der Waals surface area (Å²) in [5.74, 6) is 0.169. The van der Waals surface area contributed by atoms with Crippen molar-refractivity contribution in [2.24, 2.45) is 5.92 Å². The molecule has 1 aliphatic heterocycles. The van der Waals surface area contributed by atoms with Gasteiger partial charge in [-0.1, -0.05) is 48.5 Å². The fourth-order valence-corrected chi connectivity index (χ4v) is 5.58. The molecule has 0 spiro atoms. The highest BCUT2D eigenvalue weighted by Crippen LogP contribution is 2.43. The van der Waals surface area contributed by atoms with Crippen LogP contribution in [-0.2, 0) is 9.59 Å². The van der Waals surface area contributed by atoms with E-state index < -0.39 is 12.0 Å². The molecule has 6 nitrogen and oxygen atoms in total. The van der Waals surface area contributed by atoms with Crippen molar-refractivity contribution in [1.82, 2.24) is 4.98 Å². The Morgan fingerprint density at radius 1 is 1.00 bits per heavy atom. The topological polar surface area (TPSA) is 62.7 Å². The van der Waals surface area contributed by atoms with Crippen LogP contribution in [-0.4, -0.2) is 23.9 Å². The van der Waals surface area contributed by atoms with Crippen molar-refractivity contribution in [3.8, 4) is 5.75 Å². The first-order valence-corrected chi connectivity index (χ1v) is 12.8. The smallest absolute Gasteiger partial charge is 0.238 e. The van der Waals surface area contributed by atoms with Gasteiger partial charge in [0.2, 0.25) is 11.8 Å². The van der Waals surface area contributed by atoms with Crippen LogP contribution in [0, 0.1) is 12.8 Å². The van der Waals surface area contributed by atoms with Crippen LogP contribution >= 0.6 is 11.3 Å². The first kappa shape index (κ1) is 23.8. The van der Waals surface area contributed by atoms with E-state index in [1.165, 1.54) is 11.3 Å². The number of anilines is 3. The number of amides is 2. The third-order valence-corrected chi connectivity index (χ3v) is 7.38. The molecule has 4 aromatic rings. The molecule has 0 unspecified atom stereocenters. The van der Waals surface area contributed by atoms with Crippen molar-refractivity contribution in [2.45, 2.75) is 25.8 Å². The molecule has 2 atom stereocenters. The maximum atomic E-state index is 14.4. The molecule has 182 valence electrons. The molecule has 0 bridgehead atoms. The minimum atomic E-state index is -0.461. The lowest BCUT2D eigenvalue weighted by atomic mass is 9.82. The summed E-state index contributed by atoms with van der Waals surface area (Å²) in [7, 11) is 1.61. The molecule has 5 rings (SSSR count). The third kappa shape index (κ3) is 4.62. The van der Waals surface area contributed by atoms with Gasteiger partial charge in [-0.25, -0.2) is 4.98 Å². The van der Waals surface area contributed by atoms with Gasteiger partial charge in [-0.3, -0.25) is 14.5 Å². The molecule has 0 N–H and O–H groups in total. The molecule has 2 heterocycles. The molecule has 1 aliphatic rings. The molecular weight excluding hydrogens is 470 g/mol. The monoisotopic (exact) mass is 497 g/mol. The largest absolute Gasteiger partial charge is 0.497 e. The van der Waals surface area contributed by atoms with Crippen LogP contribution in [0.25, 0.3) is 0 Å². The van der Waals surface area contributed by atoms with Crippen LogP contribution in [0.4, 0.5) is 16.5 Å². The predicted octanol–water partition coefficient (Wildman–Crippen LogP) is 6.31. The summed E-state index contributed by atoms with van der Waals surface area (Å²) >= 11 is 1.44. The minimum absolute atomic E-state index is 0.00516. The van der Waals surface area contributed by atoms with Crippen LogP contribution in [0.2, 0.25) is 0 Å². The van der Waals surface area contributed by atoms with Crippen molar-refractivity contribution in [3.63, 3.8) is 0 Å². The SMILES string of the molecule is COc1ccc(N2C(=O)CC[C@@H](C(=O)N(c3ccccc3)c3nc(C)cs3)[C@H]2c2ccccc2)cc1. The zero-order valence-corrected chi connectivity index (χ0v) is 21.0. The van der Waals surface area contributed by atoms with Crippen LogP contribution < -0.4 is 14.5 Å². The molecule has 3 aromatic carbocycles. The number of hydrogen-bond acceptors (Lipinski definition) is 5. The summed E-state index contributed by atoms with van der Waals surface area (Å²) in [5.41, 5.74) is 3.28. The number of para-hydroxylation sites is 1. The van der Waals surface area contributed by atoms with Gasteiger partial charge in [0.15, 0.2) is 5.13 Å². The highest BCUT2D eigenvalue weighted by molar-refractivity contribution is 7.14. The number of benzene rings is 3. The number of nitrogens with zero attached hydrogens (tertiary/aromatic N) is 3. The number of piperidine rings is 1. The molecule has 2 amide bonds. The fourth-order valence-electron chi connectivity index (χ4n) is 4.75. The highest BCUT2D eigenvalue weighted by atomic mass is 32.1. The summed E-state index contributed by atoms with van der Waals surface area (Å²) in [6, 6.07) is 26.4. The lowest BCUT2D eigenvalue weighted by molar-refractivity contribution is -0.127. The molecule has 0 radical (unpaired) electrons. The van der Waals surface area contributed by atoms with E-state index in [9.17, 15) is 9.59 Å². The Bertz CT molecular complexity index is 1340. The maximum absolute atomic E-state index is 14.4. The summed E-state index contributed by atoms with van der Waals surface area (Å²) in [5, 5.41) is 2.57. The van der Waals surface area contributed by atoms with Crippen LogP contribution in [0.5, 0.6) is 5.75 Å². The molecular formula is C29H27N3O3S. The zero-order valence-electron chi connectivity index (χ0n) is 20.2. The Hall–Kier alpha value is -3.97. The van der Waals surface area contributed by atoms with Gasteiger partial charge in [-0.15, -0.1) is 11.3 Å². The Balaban J connectivity index is 1.61. The number of ether oxygens (including phenoxy) is 1. The molecule has 1 fully saturated rings. The number of rotatable bonds is 6. The van der Waals surface area contributed by atoms with Crippen molar-refractivity contribution < 1.29 is 14.3 Å². The summed E-state index contributed by atoms with van der Waals surface area (Å²) in [6.07, 6.45) is 0.739. The molecule has 7 heteroatoms.